The predicted octanol–water partition coefficient (Wildman–Crippen LogP) is 4.04. The summed E-state index contributed by atoms with van der Waals surface area (Å²) in [5.74, 6) is -0.126. The lowest BCUT2D eigenvalue weighted by molar-refractivity contribution is -0.517. The zero-order chi connectivity index (χ0) is 14.4. The number of hydrogen-bond donors (Lipinski definition) is 0. The lowest BCUT2D eigenvalue weighted by Crippen LogP contribution is -2.24. The summed E-state index contributed by atoms with van der Waals surface area (Å²) in [6, 6.07) is 0. The normalized spacial score (nSPS) is 14.4. The molecule has 0 aliphatic carbocycles. The summed E-state index contributed by atoms with van der Waals surface area (Å²) in [5, 5.41) is 4.53. The first-order valence-electron chi connectivity index (χ1n) is 6.61. The molecule has 4 heteroatoms. The number of carbonyl (C=O) groups is 1. The molecule has 0 fully saturated rings. The van der Waals surface area contributed by atoms with Gasteiger partial charge in [0.25, 0.3) is 0 Å². The van der Waals surface area contributed by atoms with Crippen molar-refractivity contribution in [1.82, 2.24) is 0 Å². The molecule has 0 aliphatic rings. The quantitative estimate of drug-likeness (QED) is 0.512. The lowest BCUT2D eigenvalue weighted by Gasteiger charge is -2.22. The molecule has 4 nitrogen and oxygen atoms in total. The highest BCUT2D eigenvalue weighted by Gasteiger charge is 2.21. The van der Waals surface area contributed by atoms with E-state index in [1.807, 2.05) is 27.7 Å². The van der Waals surface area contributed by atoms with Crippen molar-refractivity contribution in [2.45, 2.75) is 73.3 Å². The van der Waals surface area contributed by atoms with Gasteiger partial charge in [-0.3, -0.25) is 4.89 Å². The van der Waals surface area contributed by atoms with Crippen LogP contribution in [0.15, 0.2) is 0 Å². The van der Waals surface area contributed by atoms with E-state index in [9.17, 15) is 4.79 Å². The van der Waals surface area contributed by atoms with Gasteiger partial charge in [-0.1, -0.05) is 34.6 Å². The fraction of sp³-hybridized carbons (Fsp3) is 0.929. The maximum absolute atomic E-state index is 11.5. The van der Waals surface area contributed by atoms with Crippen molar-refractivity contribution >= 4 is 5.97 Å². The minimum Gasteiger partial charge on any atom is -0.269 e. The number of hydrogen-bond acceptors (Lipinski definition) is 4. The van der Waals surface area contributed by atoms with E-state index in [1.54, 1.807) is 0 Å². The van der Waals surface area contributed by atoms with Crippen molar-refractivity contribution in [3.63, 3.8) is 0 Å². The van der Waals surface area contributed by atoms with Crippen molar-refractivity contribution in [2.24, 2.45) is 11.3 Å². The zero-order valence-corrected chi connectivity index (χ0v) is 12.8. The Morgan fingerprint density at radius 2 is 1.72 bits per heavy atom. The van der Waals surface area contributed by atoms with E-state index in [2.05, 4.69) is 30.7 Å². The lowest BCUT2D eigenvalue weighted by atomic mass is 9.84. The van der Waals surface area contributed by atoms with Gasteiger partial charge in [0, 0.05) is 0 Å². The Hall–Kier alpha value is -0.610. The van der Waals surface area contributed by atoms with Gasteiger partial charge >= 0.3 is 5.97 Å². The first-order chi connectivity index (χ1) is 8.06. The van der Waals surface area contributed by atoms with E-state index in [-0.39, 0.29) is 11.3 Å². The Bertz CT molecular complexity index is 253. The van der Waals surface area contributed by atoms with Gasteiger partial charge in [-0.15, -0.1) is 0 Å². The van der Waals surface area contributed by atoms with Gasteiger partial charge in [0.2, 0.25) is 0 Å². The third-order valence-corrected chi connectivity index (χ3v) is 2.71. The minimum absolute atomic E-state index is 0.210. The molecule has 0 N–H and O–H groups in total. The van der Waals surface area contributed by atoms with E-state index in [0.717, 1.165) is 12.8 Å². The molecule has 0 heterocycles. The molecule has 108 valence electrons. The maximum atomic E-state index is 11.5. The molecule has 0 rings (SSSR count). The molecular weight excluding hydrogens is 232 g/mol. The second kappa shape index (κ2) is 7.10. The molecule has 0 saturated heterocycles. The van der Waals surface area contributed by atoms with E-state index in [1.165, 1.54) is 0 Å². The van der Waals surface area contributed by atoms with E-state index in [4.69, 9.17) is 4.89 Å². The Labute approximate surface area is 111 Å². The smallest absolute Gasteiger partial charge is 0.269 e. The van der Waals surface area contributed by atoms with Gasteiger partial charge < -0.3 is 0 Å². The van der Waals surface area contributed by atoms with Crippen LogP contribution in [0, 0.1) is 11.3 Å². The molecular formula is C14H28O4. The molecule has 18 heavy (non-hydrogen) atoms. The van der Waals surface area contributed by atoms with Gasteiger partial charge in [0.05, 0.1) is 6.42 Å². The largest absolute Gasteiger partial charge is 0.345 e. The van der Waals surface area contributed by atoms with Gasteiger partial charge in [-0.05, 0) is 43.1 Å². The van der Waals surface area contributed by atoms with Crippen LogP contribution in [0.25, 0.3) is 0 Å². The van der Waals surface area contributed by atoms with Crippen LogP contribution in [0.4, 0.5) is 0 Å². The second-order valence-electron chi connectivity index (χ2n) is 6.79. The first-order valence-corrected chi connectivity index (χ1v) is 6.61. The van der Waals surface area contributed by atoms with Crippen LogP contribution in [0.5, 0.6) is 0 Å². The summed E-state index contributed by atoms with van der Waals surface area (Å²) in [7, 11) is 0. The third-order valence-electron chi connectivity index (χ3n) is 2.71. The van der Waals surface area contributed by atoms with Crippen LogP contribution in [0.3, 0.4) is 0 Å². The van der Waals surface area contributed by atoms with E-state index >= 15 is 0 Å². The SMILES string of the molecule is CCC(C)(C)OOOC(=O)CC(C)CC(C)(C)C. The molecule has 0 aromatic heterocycles. The topological polar surface area (TPSA) is 44.8 Å². The fourth-order valence-electron chi connectivity index (χ4n) is 1.64. The van der Waals surface area contributed by atoms with Crippen LogP contribution in [-0.4, -0.2) is 11.6 Å². The van der Waals surface area contributed by atoms with Crippen molar-refractivity contribution in [2.75, 3.05) is 0 Å². The van der Waals surface area contributed by atoms with E-state index in [0.29, 0.717) is 6.42 Å². The van der Waals surface area contributed by atoms with Crippen molar-refractivity contribution in [1.29, 1.82) is 0 Å². The Morgan fingerprint density at radius 3 is 2.17 bits per heavy atom. The van der Waals surface area contributed by atoms with Gasteiger partial charge in [-0.2, -0.15) is 4.89 Å². The summed E-state index contributed by atoms with van der Waals surface area (Å²) in [4.78, 5) is 21.1. The van der Waals surface area contributed by atoms with Gasteiger partial charge in [0.15, 0.2) is 0 Å². The van der Waals surface area contributed by atoms with Crippen LogP contribution in [-0.2, 0) is 19.6 Å². The molecule has 0 bridgehead atoms. The number of rotatable bonds is 7. The summed E-state index contributed by atoms with van der Waals surface area (Å²) >= 11 is 0. The molecule has 0 amide bonds. The zero-order valence-electron chi connectivity index (χ0n) is 12.8. The highest BCUT2D eigenvalue weighted by atomic mass is 17.5. The van der Waals surface area contributed by atoms with Gasteiger partial charge in [0.1, 0.15) is 5.60 Å². The predicted molar refractivity (Wildman–Crippen MR) is 70.5 cm³/mol. The monoisotopic (exact) mass is 260 g/mol. The second-order valence-corrected chi connectivity index (χ2v) is 6.79. The maximum Gasteiger partial charge on any atom is 0.345 e. The number of carbonyl (C=O) groups excluding carboxylic acids is 1. The molecule has 0 spiro atoms. The Balaban J connectivity index is 3.85. The van der Waals surface area contributed by atoms with Crippen molar-refractivity contribution in [3.05, 3.63) is 0 Å². The molecule has 0 radical (unpaired) electrons. The third kappa shape index (κ3) is 9.42. The Kier molecular flexibility index (Phi) is 6.86. The van der Waals surface area contributed by atoms with Crippen molar-refractivity contribution < 1.29 is 19.6 Å². The van der Waals surface area contributed by atoms with Crippen molar-refractivity contribution in [3.8, 4) is 0 Å². The minimum atomic E-state index is -0.447. The molecule has 1 atom stereocenters. The molecule has 0 aliphatic heterocycles. The van der Waals surface area contributed by atoms with Crippen LogP contribution in [0.1, 0.15) is 67.7 Å². The highest BCUT2D eigenvalue weighted by molar-refractivity contribution is 5.68. The fourth-order valence-corrected chi connectivity index (χ4v) is 1.64. The summed E-state index contributed by atoms with van der Waals surface area (Å²) < 4.78 is 0. The molecule has 0 aromatic rings. The van der Waals surface area contributed by atoms with Crippen LogP contribution >= 0.6 is 0 Å². The van der Waals surface area contributed by atoms with Crippen LogP contribution in [0.2, 0.25) is 0 Å². The summed E-state index contributed by atoms with van der Waals surface area (Å²) in [5.41, 5.74) is -0.238. The van der Waals surface area contributed by atoms with Gasteiger partial charge in [-0.25, -0.2) is 4.79 Å². The first kappa shape index (κ1) is 17.4. The molecule has 0 aromatic carbocycles. The van der Waals surface area contributed by atoms with E-state index < -0.39 is 11.6 Å². The standard InChI is InChI=1S/C14H28O4/c1-8-14(6,7)17-18-16-12(15)9-11(2)10-13(3,4)5/h11H,8-10H2,1-7H3. The average molecular weight is 260 g/mol. The summed E-state index contributed by atoms with van der Waals surface area (Å²) in [6.45, 7) is 14.2. The molecule has 1 unspecified atom stereocenters. The van der Waals surface area contributed by atoms with Crippen LogP contribution < -0.4 is 0 Å². The Morgan fingerprint density at radius 1 is 1.17 bits per heavy atom. The highest BCUT2D eigenvalue weighted by Crippen LogP contribution is 2.26. The molecule has 0 saturated carbocycles. The summed E-state index contributed by atoms with van der Waals surface area (Å²) in [6.07, 6.45) is 2.07. The average Bonchev–Trinajstić information content (AvgIpc) is 2.13.